The fourth-order valence-electron chi connectivity index (χ4n) is 0.385. The van der Waals surface area contributed by atoms with Crippen LogP contribution < -0.4 is 0 Å². The molecule has 0 unspecified atom stereocenters. The van der Waals surface area contributed by atoms with E-state index in [0.29, 0.717) is 0 Å². The molecule has 0 aromatic heterocycles. The van der Waals surface area contributed by atoms with Gasteiger partial charge in [-0.3, -0.25) is 0 Å². The van der Waals surface area contributed by atoms with Gasteiger partial charge in [0, 0.05) is 11.1 Å². The number of carbonyl (C=O) groups is 3. The first-order valence-electron chi connectivity index (χ1n) is 4.32. The molecule has 17 heavy (non-hydrogen) atoms. The predicted molar refractivity (Wildman–Crippen MR) is 60.6 cm³/mol. The van der Waals surface area contributed by atoms with Crippen LogP contribution in [0.4, 0.5) is 0 Å². The molecule has 0 aliphatic rings. The van der Waals surface area contributed by atoms with Crippen LogP contribution in [0.5, 0.6) is 0 Å². The number of carboxylic acids is 3. The molecule has 0 spiro atoms. The molecular weight excluding hydrogens is 228 g/mol. The van der Waals surface area contributed by atoms with Crippen molar-refractivity contribution in [2.45, 2.75) is 13.8 Å². The summed E-state index contributed by atoms with van der Waals surface area (Å²) >= 11 is 0. The second kappa shape index (κ2) is 7.86. The maximum atomic E-state index is 10.2. The Bertz CT molecular complexity index is 377. The van der Waals surface area contributed by atoms with Gasteiger partial charge in [0.2, 0.25) is 0 Å². The fourth-order valence-corrected chi connectivity index (χ4v) is 0.385. The van der Waals surface area contributed by atoms with Gasteiger partial charge in [0.25, 0.3) is 0 Å². The van der Waals surface area contributed by atoms with Gasteiger partial charge in [-0.1, -0.05) is 13.2 Å². The minimum atomic E-state index is -1.22. The minimum absolute atomic E-state index is 0.0441. The maximum Gasteiger partial charge on any atom is 0.335 e. The van der Waals surface area contributed by atoms with Crippen LogP contribution in [0.15, 0.2) is 36.0 Å². The maximum absolute atomic E-state index is 10.2. The summed E-state index contributed by atoms with van der Waals surface area (Å²) in [5.41, 5.74) is -0.0997. The smallest absolute Gasteiger partial charge is 0.335 e. The molecule has 0 saturated heterocycles. The summed E-state index contributed by atoms with van der Waals surface area (Å²) < 4.78 is 0. The average molecular weight is 242 g/mol. The van der Waals surface area contributed by atoms with Crippen LogP contribution in [0.1, 0.15) is 13.8 Å². The minimum Gasteiger partial charge on any atom is -0.478 e. The van der Waals surface area contributed by atoms with Gasteiger partial charge in [-0.15, -0.1) is 0 Å². The SMILES string of the molecule is C=C(C)C(=O)O.C=C(C=C(C)C(=O)O)C(=O)O. The Labute approximate surface area is 98.2 Å². The van der Waals surface area contributed by atoms with Gasteiger partial charge < -0.3 is 15.3 Å². The molecule has 0 heterocycles. The molecule has 0 bridgehead atoms. The average Bonchev–Trinajstić information content (AvgIpc) is 2.17. The van der Waals surface area contributed by atoms with Crippen molar-refractivity contribution in [1.82, 2.24) is 0 Å². The number of rotatable bonds is 4. The third-order valence-electron chi connectivity index (χ3n) is 1.37. The quantitative estimate of drug-likeness (QED) is 0.506. The Morgan fingerprint density at radius 2 is 1.24 bits per heavy atom. The van der Waals surface area contributed by atoms with Gasteiger partial charge in [-0.25, -0.2) is 14.4 Å². The predicted octanol–water partition coefficient (Wildman–Crippen LogP) is 1.31. The lowest BCUT2D eigenvalue weighted by molar-refractivity contribution is -0.133. The molecule has 0 aromatic carbocycles. The van der Waals surface area contributed by atoms with E-state index in [9.17, 15) is 14.4 Å². The summed E-state index contributed by atoms with van der Waals surface area (Å²) in [7, 11) is 0. The molecule has 0 atom stereocenters. The summed E-state index contributed by atoms with van der Waals surface area (Å²) in [6.45, 7) is 9.04. The van der Waals surface area contributed by atoms with E-state index >= 15 is 0 Å². The summed E-state index contributed by atoms with van der Waals surface area (Å²) in [4.78, 5) is 29.9. The van der Waals surface area contributed by atoms with E-state index in [2.05, 4.69) is 13.2 Å². The van der Waals surface area contributed by atoms with Crippen LogP contribution in [-0.4, -0.2) is 33.2 Å². The van der Waals surface area contributed by atoms with Gasteiger partial charge in [0.15, 0.2) is 0 Å². The molecule has 6 heteroatoms. The van der Waals surface area contributed by atoms with Crippen LogP contribution in [0.25, 0.3) is 0 Å². The molecule has 6 nitrogen and oxygen atoms in total. The summed E-state index contributed by atoms with van der Waals surface area (Å²) in [6.07, 6.45) is 1.00. The van der Waals surface area contributed by atoms with Crippen molar-refractivity contribution in [2.75, 3.05) is 0 Å². The van der Waals surface area contributed by atoms with Gasteiger partial charge in [-0.2, -0.15) is 0 Å². The lowest BCUT2D eigenvalue weighted by Crippen LogP contribution is -2.01. The molecule has 0 aliphatic carbocycles. The highest BCUT2D eigenvalue weighted by molar-refractivity contribution is 5.93. The molecule has 0 aromatic rings. The first-order valence-corrected chi connectivity index (χ1v) is 4.32. The molecule has 94 valence electrons. The Morgan fingerprint density at radius 1 is 0.882 bits per heavy atom. The molecule has 0 radical (unpaired) electrons. The van der Waals surface area contributed by atoms with Crippen LogP contribution in [0.3, 0.4) is 0 Å². The number of aliphatic carboxylic acids is 3. The van der Waals surface area contributed by atoms with Crippen molar-refractivity contribution >= 4 is 17.9 Å². The van der Waals surface area contributed by atoms with E-state index in [1.807, 2.05) is 0 Å². The molecule has 0 saturated carbocycles. The van der Waals surface area contributed by atoms with Crippen LogP contribution in [0, 0.1) is 0 Å². The second-order valence-electron chi connectivity index (χ2n) is 3.05. The van der Waals surface area contributed by atoms with Crippen molar-refractivity contribution < 1.29 is 29.7 Å². The van der Waals surface area contributed by atoms with E-state index in [0.717, 1.165) is 6.08 Å². The highest BCUT2D eigenvalue weighted by atomic mass is 16.4. The standard InChI is InChI=1S/C7H8O4.C4H6O2/c1-4(6(8)9)3-5(2)7(10)11;1-3(2)4(5)6/h3H,1H2,2H3,(H,8,9)(H,10,11);1H2,2H3,(H,5,6). The highest BCUT2D eigenvalue weighted by Crippen LogP contribution is 1.99. The zero-order chi connectivity index (χ0) is 14.2. The van der Waals surface area contributed by atoms with E-state index in [-0.39, 0.29) is 16.7 Å². The first-order chi connectivity index (χ1) is 7.59. The summed E-state index contributed by atoms with van der Waals surface area (Å²) in [6, 6.07) is 0. The van der Waals surface area contributed by atoms with E-state index < -0.39 is 17.9 Å². The van der Waals surface area contributed by atoms with E-state index in [1.54, 1.807) is 0 Å². The largest absolute Gasteiger partial charge is 0.478 e. The van der Waals surface area contributed by atoms with Crippen molar-refractivity contribution in [3.63, 3.8) is 0 Å². The number of hydrogen-bond acceptors (Lipinski definition) is 3. The van der Waals surface area contributed by atoms with E-state index in [1.165, 1.54) is 13.8 Å². The molecular formula is C11H14O6. The Hall–Kier alpha value is -2.37. The normalized spacial score (nSPS) is 9.65. The van der Waals surface area contributed by atoms with Crippen LogP contribution >= 0.6 is 0 Å². The Balaban J connectivity index is 0. The zero-order valence-corrected chi connectivity index (χ0v) is 9.56. The van der Waals surface area contributed by atoms with Crippen molar-refractivity contribution in [2.24, 2.45) is 0 Å². The van der Waals surface area contributed by atoms with Gasteiger partial charge in [0.1, 0.15) is 0 Å². The topological polar surface area (TPSA) is 112 Å². The van der Waals surface area contributed by atoms with Crippen LogP contribution in [-0.2, 0) is 14.4 Å². The van der Waals surface area contributed by atoms with Crippen molar-refractivity contribution in [1.29, 1.82) is 0 Å². The number of hydrogen-bond donors (Lipinski definition) is 3. The lowest BCUT2D eigenvalue weighted by Gasteiger charge is -1.92. The molecule has 0 fully saturated rings. The Morgan fingerprint density at radius 3 is 1.41 bits per heavy atom. The zero-order valence-electron chi connectivity index (χ0n) is 9.56. The second-order valence-corrected chi connectivity index (χ2v) is 3.05. The Kier molecular flexibility index (Phi) is 7.88. The van der Waals surface area contributed by atoms with E-state index in [4.69, 9.17) is 15.3 Å². The van der Waals surface area contributed by atoms with Crippen molar-refractivity contribution in [3.05, 3.63) is 36.0 Å². The summed E-state index contributed by atoms with van der Waals surface area (Å²) in [5, 5.41) is 24.5. The molecule has 0 aliphatic heterocycles. The monoisotopic (exact) mass is 242 g/mol. The summed E-state index contributed by atoms with van der Waals surface area (Å²) in [5.74, 6) is -3.30. The first kappa shape index (κ1) is 17.0. The van der Waals surface area contributed by atoms with Gasteiger partial charge in [-0.05, 0) is 19.9 Å². The molecule has 0 amide bonds. The lowest BCUT2D eigenvalue weighted by atomic mass is 10.2. The molecule has 3 N–H and O–H groups in total. The third-order valence-corrected chi connectivity index (χ3v) is 1.37. The molecule has 0 rings (SSSR count). The highest BCUT2D eigenvalue weighted by Gasteiger charge is 2.04. The fraction of sp³-hybridized carbons (Fsp3) is 0.182. The number of carboxylic acid groups (broad SMARTS) is 3. The van der Waals surface area contributed by atoms with Crippen LogP contribution in [0.2, 0.25) is 0 Å². The van der Waals surface area contributed by atoms with Gasteiger partial charge in [0.05, 0.1) is 5.57 Å². The van der Waals surface area contributed by atoms with Gasteiger partial charge >= 0.3 is 17.9 Å². The third kappa shape index (κ3) is 9.92. The van der Waals surface area contributed by atoms with Crippen molar-refractivity contribution in [3.8, 4) is 0 Å².